The van der Waals surface area contributed by atoms with E-state index in [0.29, 0.717) is 24.4 Å². The second-order valence-electron chi connectivity index (χ2n) is 3.76. The highest BCUT2D eigenvalue weighted by molar-refractivity contribution is 6.18. The number of hydrogen-bond acceptors (Lipinski definition) is 4. The van der Waals surface area contributed by atoms with E-state index in [2.05, 4.69) is 14.9 Å². The fourth-order valence-corrected chi connectivity index (χ4v) is 1.84. The van der Waals surface area contributed by atoms with Gasteiger partial charge in [0.15, 0.2) is 5.82 Å². The quantitative estimate of drug-likeness (QED) is 0.715. The van der Waals surface area contributed by atoms with Crippen LogP contribution in [0.1, 0.15) is 19.8 Å². The van der Waals surface area contributed by atoms with Crippen LogP contribution in [-0.4, -0.2) is 35.0 Å². The van der Waals surface area contributed by atoms with Crippen molar-refractivity contribution in [2.24, 2.45) is 0 Å². The van der Waals surface area contributed by atoms with Crippen LogP contribution in [0.3, 0.4) is 0 Å². The minimum atomic E-state index is 0.584. The molecule has 0 spiro atoms. The molecule has 1 aliphatic rings. The number of anilines is 1. The molecule has 0 radical (unpaired) electrons. The lowest BCUT2D eigenvalue weighted by Crippen LogP contribution is -2.28. The van der Waals surface area contributed by atoms with Gasteiger partial charge in [-0.25, -0.2) is 0 Å². The molecule has 1 aromatic rings. The predicted octanol–water partition coefficient (Wildman–Crippen LogP) is 2.08. The van der Waals surface area contributed by atoms with Crippen molar-refractivity contribution in [1.82, 2.24) is 9.97 Å². The summed E-state index contributed by atoms with van der Waals surface area (Å²) in [6.45, 7) is 3.36. The maximum atomic E-state index is 5.80. The van der Waals surface area contributed by atoms with Gasteiger partial charge < -0.3 is 9.64 Å². The smallest absolute Gasteiger partial charge is 0.234 e. The van der Waals surface area contributed by atoms with Crippen molar-refractivity contribution in [3.8, 4) is 5.88 Å². The van der Waals surface area contributed by atoms with Crippen LogP contribution in [0.4, 0.5) is 5.82 Å². The minimum absolute atomic E-state index is 0.584. The van der Waals surface area contributed by atoms with Crippen LogP contribution in [-0.2, 0) is 0 Å². The summed E-state index contributed by atoms with van der Waals surface area (Å²) in [4.78, 5) is 10.8. The molecule has 88 valence electrons. The third kappa shape index (κ3) is 2.76. The highest BCUT2D eigenvalue weighted by Gasteiger charge is 2.29. The van der Waals surface area contributed by atoms with Crippen molar-refractivity contribution in [3.63, 3.8) is 0 Å². The molecule has 1 aliphatic carbocycles. The van der Waals surface area contributed by atoms with Gasteiger partial charge in [0.2, 0.25) is 5.88 Å². The minimum Gasteiger partial charge on any atom is -0.477 e. The van der Waals surface area contributed by atoms with E-state index < -0.39 is 0 Å². The van der Waals surface area contributed by atoms with E-state index >= 15 is 0 Å². The Morgan fingerprint density at radius 1 is 1.50 bits per heavy atom. The Hall–Kier alpha value is -1.03. The second kappa shape index (κ2) is 5.34. The van der Waals surface area contributed by atoms with Crippen LogP contribution in [0.15, 0.2) is 12.4 Å². The molecule has 4 nitrogen and oxygen atoms in total. The summed E-state index contributed by atoms with van der Waals surface area (Å²) in [5, 5.41) is 0. The van der Waals surface area contributed by atoms with Crippen LogP contribution >= 0.6 is 11.6 Å². The van der Waals surface area contributed by atoms with Crippen molar-refractivity contribution < 1.29 is 4.74 Å². The van der Waals surface area contributed by atoms with Crippen molar-refractivity contribution in [1.29, 1.82) is 0 Å². The highest BCUT2D eigenvalue weighted by atomic mass is 35.5. The zero-order valence-corrected chi connectivity index (χ0v) is 10.2. The Kier molecular flexibility index (Phi) is 3.83. The van der Waals surface area contributed by atoms with Crippen LogP contribution in [0, 0.1) is 0 Å². The van der Waals surface area contributed by atoms with Gasteiger partial charge in [0.1, 0.15) is 0 Å². The normalized spacial score (nSPS) is 14.9. The predicted molar refractivity (Wildman–Crippen MR) is 64.3 cm³/mol. The van der Waals surface area contributed by atoms with Gasteiger partial charge in [-0.1, -0.05) is 0 Å². The third-order valence-electron chi connectivity index (χ3n) is 2.50. The molecule has 0 bridgehead atoms. The molecule has 0 amide bonds. The molecule has 0 aromatic carbocycles. The summed E-state index contributed by atoms with van der Waals surface area (Å²) >= 11 is 5.80. The summed E-state index contributed by atoms with van der Waals surface area (Å²) in [5.74, 6) is 2.06. The molecule has 16 heavy (non-hydrogen) atoms. The SMILES string of the molecule is CCOc1cncc(N(CCCl)C2CC2)n1. The Morgan fingerprint density at radius 2 is 2.31 bits per heavy atom. The van der Waals surface area contributed by atoms with Gasteiger partial charge in [-0.2, -0.15) is 4.98 Å². The largest absolute Gasteiger partial charge is 0.477 e. The van der Waals surface area contributed by atoms with E-state index in [4.69, 9.17) is 16.3 Å². The Bertz CT molecular complexity index is 344. The van der Waals surface area contributed by atoms with Crippen LogP contribution < -0.4 is 9.64 Å². The maximum Gasteiger partial charge on any atom is 0.234 e. The fraction of sp³-hybridized carbons (Fsp3) is 0.636. The average molecular weight is 242 g/mol. The van der Waals surface area contributed by atoms with Gasteiger partial charge >= 0.3 is 0 Å². The number of halogens is 1. The number of rotatable bonds is 6. The molecule has 0 atom stereocenters. The zero-order chi connectivity index (χ0) is 11.4. The van der Waals surface area contributed by atoms with Crippen molar-refractivity contribution in [2.75, 3.05) is 23.9 Å². The van der Waals surface area contributed by atoms with Crippen molar-refractivity contribution in [3.05, 3.63) is 12.4 Å². The third-order valence-corrected chi connectivity index (χ3v) is 2.67. The first kappa shape index (κ1) is 11.5. The maximum absolute atomic E-state index is 5.80. The zero-order valence-electron chi connectivity index (χ0n) is 9.40. The molecule has 2 rings (SSSR count). The van der Waals surface area contributed by atoms with Crippen LogP contribution in [0.2, 0.25) is 0 Å². The van der Waals surface area contributed by atoms with Gasteiger partial charge in [0, 0.05) is 18.5 Å². The molecule has 1 fully saturated rings. The number of ether oxygens (including phenoxy) is 1. The van der Waals surface area contributed by atoms with Gasteiger partial charge in [-0.05, 0) is 19.8 Å². The molecule has 0 N–H and O–H groups in total. The lowest BCUT2D eigenvalue weighted by Gasteiger charge is -2.22. The molecule has 1 aromatic heterocycles. The van der Waals surface area contributed by atoms with Gasteiger partial charge in [0.25, 0.3) is 0 Å². The van der Waals surface area contributed by atoms with Crippen molar-refractivity contribution >= 4 is 17.4 Å². The van der Waals surface area contributed by atoms with Gasteiger partial charge in [-0.15, -0.1) is 11.6 Å². The number of alkyl halides is 1. The highest BCUT2D eigenvalue weighted by Crippen LogP contribution is 2.30. The summed E-state index contributed by atoms with van der Waals surface area (Å²) in [5.41, 5.74) is 0. The molecule has 1 heterocycles. The fourth-order valence-electron chi connectivity index (χ4n) is 1.66. The average Bonchev–Trinajstić information content (AvgIpc) is 3.11. The lowest BCUT2D eigenvalue weighted by molar-refractivity contribution is 0.325. The Morgan fingerprint density at radius 3 is 2.94 bits per heavy atom. The van der Waals surface area contributed by atoms with E-state index in [-0.39, 0.29) is 0 Å². The lowest BCUT2D eigenvalue weighted by atomic mass is 10.4. The molecule has 5 heteroatoms. The first-order chi connectivity index (χ1) is 7.85. The van der Waals surface area contributed by atoms with E-state index in [1.54, 1.807) is 12.4 Å². The summed E-state index contributed by atoms with van der Waals surface area (Å²) in [6, 6.07) is 0.588. The van der Waals surface area contributed by atoms with E-state index in [9.17, 15) is 0 Å². The van der Waals surface area contributed by atoms with E-state index in [1.165, 1.54) is 12.8 Å². The monoisotopic (exact) mass is 241 g/mol. The standard InChI is InChI=1S/C11H16ClN3O/c1-2-16-11-8-13-7-10(14-11)15(6-5-12)9-3-4-9/h7-9H,2-6H2,1H3. The molecule has 0 aliphatic heterocycles. The molecule has 0 saturated heterocycles. The van der Waals surface area contributed by atoms with Gasteiger partial charge in [0.05, 0.1) is 19.0 Å². The van der Waals surface area contributed by atoms with E-state index in [0.717, 1.165) is 12.4 Å². The molecule has 1 saturated carbocycles. The Balaban J connectivity index is 2.12. The number of hydrogen-bond donors (Lipinski definition) is 0. The summed E-state index contributed by atoms with van der Waals surface area (Å²) in [7, 11) is 0. The van der Waals surface area contributed by atoms with Gasteiger partial charge in [-0.3, -0.25) is 4.98 Å². The first-order valence-corrected chi connectivity index (χ1v) is 6.16. The number of aromatic nitrogens is 2. The van der Waals surface area contributed by atoms with E-state index in [1.807, 2.05) is 6.92 Å². The summed E-state index contributed by atoms with van der Waals surface area (Å²) < 4.78 is 5.34. The summed E-state index contributed by atoms with van der Waals surface area (Å²) in [6.07, 6.45) is 5.85. The molecular formula is C11H16ClN3O. The Labute approximate surface area is 101 Å². The second-order valence-corrected chi connectivity index (χ2v) is 4.14. The first-order valence-electron chi connectivity index (χ1n) is 5.62. The molecule has 0 unspecified atom stereocenters. The van der Waals surface area contributed by atoms with Crippen molar-refractivity contribution in [2.45, 2.75) is 25.8 Å². The van der Waals surface area contributed by atoms with Crippen LogP contribution in [0.25, 0.3) is 0 Å². The van der Waals surface area contributed by atoms with Crippen LogP contribution in [0.5, 0.6) is 5.88 Å². The number of nitrogens with zero attached hydrogens (tertiary/aromatic N) is 3. The molecular weight excluding hydrogens is 226 g/mol. The topological polar surface area (TPSA) is 38.2 Å².